The van der Waals surface area contributed by atoms with Crippen molar-refractivity contribution in [3.05, 3.63) is 87.7 Å². The summed E-state index contributed by atoms with van der Waals surface area (Å²) in [4.78, 5) is 12.4. The summed E-state index contributed by atoms with van der Waals surface area (Å²) in [6, 6.07) is 12.7. The highest BCUT2D eigenvalue weighted by molar-refractivity contribution is 6.21. The van der Waals surface area contributed by atoms with Crippen molar-refractivity contribution in [2.45, 2.75) is 70.3 Å². The molecule has 0 amide bonds. The van der Waals surface area contributed by atoms with Gasteiger partial charge in [-0.3, -0.25) is 4.79 Å². The van der Waals surface area contributed by atoms with Crippen LogP contribution in [0.5, 0.6) is 0 Å². The van der Waals surface area contributed by atoms with E-state index in [9.17, 15) is 9.90 Å². The Hall–Kier alpha value is -2.65. The molecule has 1 heterocycles. The van der Waals surface area contributed by atoms with Gasteiger partial charge in [0.2, 0.25) is 0 Å². The van der Waals surface area contributed by atoms with Gasteiger partial charge in [0.15, 0.2) is 5.78 Å². The third-order valence-electron chi connectivity index (χ3n) is 7.56. The quantitative estimate of drug-likeness (QED) is 0.453. The normalized spacial score (nSPS) is 25.6. The summed E-state index contributed by atoms with van der Waals surface area (Å²) >= 11 is 0. The fraction of sp³-hybridized carbons (Fsp3) is 0.414. The zero-order valence-corrected chi connectivity index (χ0v) is 19.7. The third-order valence-corrected chi connectivity index (χ3v) is 7.56. The van der Waals surface area contributed by atoms with Gasteiger partial charge in [-0.05, 0) is 46.7 Å². The van der Waals surface area contributed by atoms with Crippen LogP contribution in [0.15, 0.2) is 54.3 Å². The molecule has 3 nitrogen and oxygen atoms in total. The van der Waals surface area contributed by atoms with Crippen LogP contribution < -0.4 is 0 Å². The maximum absolute atomic E-state index is 12.4. The highest BCUT2D eigenvalue weighted by Gasteiger charge is 2.50. The molecule has 0 aromatic heterocycles. The Morgan fingerprint density at radius 2 is 1.47 bits per heavy atom. The van der Waals surface area contributed by atoms with Crippen LogP contribution in [0.1, 0.15) is 80.3 Å². The Morgan fingerprint density at radius 3 is 2.03 bits per heavy atom. The number of fused-ring (bicyclic) bond motifs is 1. The van der Waals surface area contributed by atoms with Gasteiger partial charge in [0.1, 0.15) is 11.4 Å². The lowest BCUT2D eigenvalue weighted by Gasteiger charge is -2.38. The number of aliphatic hydroxyl groups excluding tert-OH is 1. The summed E-state index contributed by atoms with van der Waals surface area (Å²) in [5, 5.41) is 10.3. The first-order valence-corrected chi connectivity index (χ1v) is 11.6. The molecule has 0 spiro atoms. The molecule has 2 aliphatic carbocycles. The highest BCUT2D eigenvalue weighted by atomic mass is 16.6. The van der Waals surface area contributed by atoms with E-state index in [0.717, 1.165) is 17.5 Å². The van der Waals surface area contributed by atoms with Crippen LogP contribution in [0.25, 0.3) is 5.57 Å². The van der Waals surface area contributed by atoms with Crippen molar-refractivity contribution in [1.29, 1.82) is 0 Å². The minimum absolute atomic E-state index is 0.00955. The van der Waals surface area contributed by atoms with Gasteiger partial charge in [-0.15, -0.1) is 0 Å². The van der Waals surface area contributed by atoms with Crippen molar-refractivity contribution in [3.63, 3.8) is 0 Å². The smallest absolute Gasteiger partial charge is 0.166 e. The predicted octanol–water partition coefficient (Wildman–Crippen LogP) is 6.42. The Morgan fingerprint density at radius 1 is 0.875 bits per heavy atom. The van der Waals surface area contributed by atoms with E-state index in [2.05, 4.69) is 71.0 Å². The van der Waals surface area contributed by atoms with E-state index in [1.54, 1.807) is 0 Å². The Kier molecular flexibility index (Phi) is 4.59. The second-order valence-corrected chi connectivity index (χ2v) is 10.8. The minimum atomic E-state index is -0.438. The summed E-state index contributed by atoms with van der Waals surface area (Å²) in [5.41, 5.74) is 7.12. The number of ether oxygens (including phenoxy) is 1. The number of aryl methyl sites for hydroxylation is 1. The van der Waals surface area contributed by atoms with Crippen LogP contribution in [0.4, 0.5) is 0 Å². The van der Waals surface area contributed by atoms with Gasteiger partial charge in [0.25, 0.3) is 0 Å². The fourth-order valence-corrected chi connectivity index (χ4v) is 5.42. The molecule has 166 valence electrons. The molecule has 0 saturated carbocycles. The second kappa shape index (κ2) is 6.92. The molecule has 1 unspecified atom stereocenters. The molecule has 0 radical (unpaired) electrons. The summed E-state index contributed by atoms with van der Waals surface area (Å²) in [6.07, 6.45) is 6.45. The lowest BCUT2D eigenvalue weighted by atomic mass is 9.66. The molecule has 1 atom stereocenters. The summed E-state index contributed by atoms with van der Waals surface area (Å²) in [5.74, 6) is 0.247. The van der Waals surface area contributed by atoms with Crippen LogP contribution in [0.3, 0.4) is 0 Å². The number of Topliss-reactive ketones (excluding diaryl/α,β-unsaturated/α-hetero) is 1. The SMILES string of the molecule is Cc1cc2c(cc1C1(c3ccc(C4=C(O)CCCC4=O)cc3)CO1)C(C)(C)C=CC2(C)C. The second-order valence-electron chi connectivity index (χ2n) is 10.8. The minimum Gasteiger partial charge on any atom is -0.512 e. The number of allylic oxidation sites excluding steroid dienone is 4. The van der Waals surface area contributed by atoms with E-state index in [4.69, 9.17) is 4.74 Å². The predicted molar refractivity (Wildman–Crippen MR) is 128 cm³/mol. The number of hydrogen-bond acceptors (Lipinski definition) is 3. The Bertz CT molecular complexity index is 1170. The zero-order valence-electron chi connectivity index (χ0n) is 19.7. The maximum Gasteiger partial charge on any atom is 0.166 e. The number of carbonyl (C=O) groups excluding carboxylic acids is 1. The van der Waals surface area contributed by atoms with Gasteiger partial charge in [0, 0.05) is 23.7 Å². The van der Waals surface area contributed by atoms with Gasteiger partial charge < -0.3 is 9.84 Å². The lowest BCUT2D eigenvalue weighted by Crippen LogP contribution is -2.30. The van der Waals surface area contributed by atoms with E-state index >= 15 is 0 Å². The van der Waals surface area contributed by atoms with Crippen LogP contribution in [0.2, 0.25) is 0 Å². The fourth-order valence-electron chi connectivity index (χ4n) is 5.42. The number of epoxide rings is 1. The topological polar surface area (TPSA) is 49.8 Å². The monoisotopic (exact) mass is 428 g/mol. The molecule has 1 fully saturated rings. The van der Waals surface area contributed by atoms with Crippen molar-refractivity contribution in [2.75, 3.05) is 6.61 Å². The molecule has 3 heteroatoms. The number of ketones is 1. The third kappa shape index (κ3) is 3.17. The molecular weight excluding hydrogens is 396 g/mol. The number of carbonyl (C=O) groups is 1. The van der Waals surface area contributed by atoms with Crippen molar-refractivity contribution < 1.29 is 14.6 Å². The zero-order chi connectivity index (χ0) is 22.9. The number of aliphatic hydroxyl groups is 1. The van der Waals surface area contributed by atoms with Crippen LogP contribution in [-0.4, -0.2) is 17.5 Å². The van der Waals surface area contributed by atoms with E-state index < -0.39 is 5.60 Å². The molecule has 0 bridgehead atoms. The number of rotatable bonds is 3. The average molecular weight is 429 g/mol. The largest absolute Gasteiger partial charge is 0.512 e. The van der Waals surface area contributed by atoms with Gasteiger partial charge >= 0.3 is 0 Å². The standard InChI is InChI=1S/C29H32O3/c1-18-15-22-23(28(4,5)14-13-27(22,2)3)16-21(18)29(17-32-29)20-11-9-19(10-12-20)26-24(30)7-6-8-25(26)31/h9-16,30H,6-8,17H2,1-5H3. The van der Waals surface area contributed by atoms with Crippen LogP contribution in [0, 0.1) is 6.92 Å². The summed E-state index contributed by atoms with van der Waals surface area (Å²) in [7, 11) is 0. The van der Waals surface area contributed by atoms with Crippen molar-refractivity contribution >= 4 is 11.4 Å². The molecule has 1 saturated heterocycles. The van der Waals surface area contributed by atoms with Crippen molar-refractivity contribution in [2.24, 2.45) is 0 Å². The molecule has 3 aliphatic rings. The Balaban J connectivity index is 1.56. The molecule has 5 rings (SSSR count). The molecule has 2 aromatic carbocycles. The van der Waals surface area contributed by atoms with E-state index in [0.29, 0.717) is 25.0 Å². The number of hydrogen-bond donors (Lipinski definition) is 1. The van der Waals surface area contributed by atoms with Gasteiger partial charge in [-0.2, -0.15) is 0 Å². The van der Waals surface area contributed by atoms with Gasteiger partial charge in [-0.25, -0.2) is 0 Å². The first kappa shape index (κ1) is 21.2. The van der Waals surface area contributed by atoms with E-state index in [1.807, 2.05) is 12.1 Å². The lowest BCUT2D eigenvalue weighted by molar-refractivity contribution is -0.114. The van der Waals surface area contributed by atoms with Crippen LogP contribution in [-0.2, 0) is 26.0 Å². The summed E-state index contributed by atoms with van der Waals surface area (Å²) < 4.78 is 6.14. The van der Waals surface area contributed by atoms with Gasteiger partial charge in [-0.1, -0.05) is 76.2 Å². The van der Waals surface area contributed by atoms with E-state index in [-0.39, 0.29) is 22.4 Å². The molecular formula is C29H32O3. The first-order chi connectivity index (χ1) is 15.1. The molecule has 1 aliphatic heterocycles. The van der Waals surface area contributed by atoms with E-state index in [1.165, 1.54) is 22.3 Å². The average Bonchev–Trinajstić information content (AvgIpc) is 3.53. The molecule has 1 N–H and O–H groups in total. The summed E-state index contributed by atoms with van der Waals surface area (Å²) in [6.45, 7) is 11.9. The first-order valence-electron chi connectivity index (χ1n) is 11.6. The highest BCUT2D eigenvalue weighted by Crippen LogP contribution is 2.50. The van der Waals surface area contributed by atoms with Crippen molar-refractivity contribution in [3.8, 4) is 0 Å². The van der Waals surface area contributed by atoms with Crippen LogP contribution >= 0.6 is 0 Å². The molecule has 32 heavy (non-hydrogen) atoms. The van der Waals surface area contributed by atoms with Crippen molar-refractivity contribution in [1.82, 2.24) is 0 Å². The molecule has 2 aromatic rings. The van der Waals surface area contributed by atoms with Gasteiger partial charge in [0.05, 0.1) is 12.2 Å². The number of benzene rings is 2. The Labute approximate surface area is 190 Å². The maximum atomic E-state index is 12.4.